The highest BCUT2D eigenvalue weighted by Gasteiger charge is 2.22. The van der Waals surface area contributed by atoms with Crippen LogP contribution in [-0.4, -0.2) is 48.9 Å². The maximum absolute atomic E-state index is 12.3. The molecule has 21 heavy (non-hydrogen) atoms. The van der Waals surface area contributed by atoms with Crippen LogP contribution in [0, 0.1) is 5.92 Å². The van der Waals surface area contributed by atoms with Crippen molar-refractivity contribution < 1.29 is 4.79 Å². The van der Waals surface area contributed by atoms with Gasteiger partial charge in [-0.15, -0.1) is 23.7 Å². The molecule has 1 unspecified atom stereocenters. The first-order valence-corrected chi connectivity index (χ1v) is 8.25. The highest BCUT2D eigenvalue weighted by Crippen LogP contribution is 2.19. The molecule has 0 spiro atoms. The van der Waals surface area contributed by atoms with Crippen LogP contribution in [0.1, 0.15) is 24.1 Å². The van der Waals surface area contributed by atoms with Crippen LogP contribution in [0.3, 0.4) is 0 Å². The number of halogens is 1. The largest absolute Gasteiger partial charge is 0.340 e. The number of carbonyl (C=O) groups excluding carboxylic acids is 1. The van der Waals surface area contributed by atoms with E-state index in [1.54, 1.807) is 11.3 Å². The van der Waals surface area contributed by atoms with Crippen molar-refractivity contribution in [1.82, 2.24) is 9.80 Å². The van der Waals surface area contributed by atoms with E-state index in [0.29, 0.717) is 12.5 Å². The molecular formula is C15H26ClN3OS. The number of hydrogen-bond donors (Lipinski definition) is 1. The molecule has 120 valence electrons. The van der Waals surface area contributed by atoms with Crippen molar-refractivity contribution in [2.24, 2.45) is 11.7 Å². The van der Waals surface area contributed by atoms with E-state index >= 15 is 0 Å². The molecule has 2 rings (SSSR count). The molecule has 4 nitrogen and oxygen atoms in total. The SMILES string of the molecule is CN(Cc1cccs1)C(=O)CN1CCCC(CCN)C1.Cl. The first-order valence-electron chi connectivity index (χ1n) is 7.38. The third-order valence-corrected chi connectivity index (χ3v) is 4.80. The molecule has 2 heterocycles. The molecule has 1 fully saturated rings. The van der Waals surface area contributed by atoms with Crippen molar-refractivity contribution in [1.29, 1.82) is 0 Å². The van der Waals surface area contributed by atoms with Gasteiger partial charge in [-0.2, -0.15) is 0 Å². The van der Waals surface area contributed by atoms with E-state index in [1.165, 1.54) is 17.7 Å². The number of carbonyl (C=O) groups is 1. The lowest BCUT2D eigenvalue weighted by Crippen LogP contribution is -2.43. The Bertz CT molecular complexity index is 411. The second kappa shape index (κ2) is 9.41. The summed E-state index contributed by atoms with van der Waals surface area (Å²) in [5.41, 5.74) is 5.64. The number of nitrogens with zero attached hydrogens (tertiary/aromatic N) is 2. The second-order valence-electron chi connectivity index (χ2n) is 5.65. The van der Waals surface area contributed by atoms with Gasteiger partial charge in [-0.25, -0.2) is 0 Å². The van der Waals surface area contributed by atoms with E-state index < -0.39 is 0 Å². The number of rotatable bonds is 6. The lowest BCUT2D eigenvalue weighted by molar-refractivity contribution is -0.132. The average molecular weight is 332 g/mol. The Labute approximate surface area is 137 Å². The van der Waals surface area contributed by atoms with Gasteiger partial charge in [-0.3, -0.25) is 9.69 Å². The van der Waals surface area contributed by atoms with Gasteiger partial charge in [-0.05, 0) is 49.7 Å². The molecular weight excluding hydrogens is 306 g/mol. The Morgan fingerprint density at radius 3 is 3.05 bits per heavy atom. The van der Waals surface area contributed by atoms with Crippen LogP contribution < -0.4 is 5.73 Å². The predicted octanol–water partition coefficient (Wildman–Crippen LogP) is 2.19. The van der Waals surface area contributed by atoms with Crippen LogP contribution in [0.4, 0.5) is 0 Å². The van der Waals surface area contributed by atoms with E-state index in [0.717, 1.165) is 32.6 Å². The molecule has 1 amide bonds. The molecule has 0 aliphatic carbocycles. The van der Waals surface area contributed by atoms with Crippen molar-refractivity contribution >= 4 is 29.7 Å². The van der Waals surface area contributed by atoms with Crippen LogP contribution in [0.15, 0.2) is 17.5 Å². The van der Waals surface area contributed by atoms with Crippen LogP contribution in [0.5, 0.6) is 0 Å². The first kappa shape index (κ1) is 18.4. The van der Waals surface area contributed by atoms with Gasteiger partial charge in [-0.1, -0.05) is 6.07 Å². The molecule has 1 aromatic rings. The maximum Gasteiger partial charge on any atom is 0.236 e. The molecule has 1 aliphatic rings. The van der Waals surface area contributed by atoms with Crippen molar-refractivity contribution in [3.8, 4) is 0 Å². The zero-order valence-electron chi connectivity index (χ0n) is 12.7. The summed E-state index contributed by atoms with van der Waals surface area (Å²) in [6, 6.07) is 4.10. The lowest BCUT2D eigenvalue weighted by atomic mass is 9.95. The van der Waals surface area contributed by atoms with Crippen molar-refractivity contribution in [3.63, 3.8) is 0 Å². The summed E-state index contributed by atoms with van der Waals surface area (Å²) in [7, 11) is 1.89. The smallest absolute Gasteiger partial charge is 0.236 e. The number of likely N-dealkylation sites (tertiary alicyclic amines) is 1. The molecule has 0 saturated carbocycles. The van der Waals surface area contributed by atoms with Crippen molar-refractivity contribution in [2.45, 2.75) is 25.8 Å². The highest BCUT2D eigenvalue weighted by molar-refractivity contribution is 7.09. The molecule has 1 atom stereocenters. The molecule has 1 aliphatic heterocycles. The molecule has 2 N–H and O–H groups in total. The van der Waals surface area contributed by atoms with Crippen molar-refractivity contribution in [3.05, 3.63) is 22.4 Å². The third kappa shape index (κ3) is 5.94. The number of hydrogen-bond acceptors (Lipinski definition) is 4. The first-order chi connectivity index (χ1) is 9.69. The minimum atomic E-state index is 0. The molecule has 1 saturated heterocycles. The summed E-state index contributed by atoms with van der Waals surface area (Å²) in [6.07, 6.45) is 3.52. The van der Waals surface area contributed by atoms with Crippen LogP contribution in [0.25, 0.3) is 0 Å². The summed E-state index contributed by atoms with van der Waals surface area (Å²) in [5, 5.41) is 2.05. The number of thiophene rings is 1. The Kier molecular flexibility index (Phi) is 8.26. The predicted molar refractivity (Wildman–Crippen MR) is 90.9 cm³/mol. The van der Waals surface area contributed by atoms with Crippen LogP contribution in [-0.2, 0) is 11.3 Å². The van der Waals surface area contributed by atoms with Gasteiger partial charge in [0.15, 0.2) is 0 Å². The van der Waals surface area contributed by atoms with Gasteiger partial charge in [0.25, 0.3) is 0 Å². The monoisotopic (exact) mass is 331 g/mol. The Hall–Kier alpha value is -0.620. The molecule has 1 aromatic heterocycles. The fourth-order valence-electron chi connectivity index (χ4n) is 2.80. The third-order valence-electron chi connectivity index (χ3n) is 3.94. The van der Waals surface area contributed by atoms with Gasteiger partial charge >= 0.3 is 0 Å². The zero-order valence-corrected chi connectivity index (χ0v) is 14.3. The number of likely N-dealkylation sites (N-methyl/N-ethyl adjacent to an activating group) is 1. The van der Waals surface area contributed by atoms with Crippen LogP contribution in [0.2, 0.25) is 0 Å². The topological polar surface area (TPSA) is 49.6 Å². The van der Waals surface area contributed by atoms with E-state index in [-0.39, 0.29) is 18.3 Å². The average Bonchev–Trinajstić information content (AvgIpc) is 2.92. The second-order valence-corrected chi connectivity index (χ2v) is 6.68. The minimum Gasteiger partial charge on any atom is -0.340 e. The fraction of sp³-hybridized carbons (Fsp3) is 0.667. The molecule has 0 aromatic carbocycles. The Morgan fingerprint density at radius 2 is 2.38 bits per heavy atom. The summed E-state index contributed by atoms with van der Waals surface area (Å²) in [5.74, 6) is 0.885. The van der Waals surface area contributed by atoms with E-state index in [2.05, 4.69) is 16.3 Å². The Balaban J connectivity index is 0.00000220. The van der Waals surface area contributed by atoms with Gasteiger partial charge in [0.1, 0.15) is 0 Å². The quantitative estimate of drug-likeness (QED) is 0.869. The lowest BCUT2D eigenvalue weighted by Gasteiger charge is -2.33. The van der Waals surface area contributed by atoms with Gasteiger partial charge in [0.2, 0.25) is 5.91 Å². The van der Waals surface area contributed by atoms with E-state index in [1.807, 2.05) is 18.0 Å². The molecule has 0 radical (unpaired) electrons. The van der Waals surface area contributed by atoms with E-state index in [9.17, 15) is 4.79 Å². The van der Waals surface area contributed by atoms with Crippen LogP contribution >= 0.6 is 23.7 Å². The zero-order chi connectivity index (χ0) is 14.4. The molecule has 0 bridgehead atoms. The van der Waals surface area contributed by atoms with Gasteiger partial charge in [0, 0.05) is 18.5 Å². The Morgan fingerprint density at radius 1 is 1.57 bits per heavy atom. The highest BCUT2D eigenvalue weighted by atomic mass is 35.5. The summed E-state index contributed by atoms with van der Waals surface area (Å²) in [4.78, 5) is 17.6. The number of piperidine rings is 1. The maximum atomic E-state index is 12.3. The fourth-order valence-corrected chi connectivity index (χ4v) is 3.56. The normalized spacial score (nSPS) is 19.0. The summed E-state index contributed by atoms with van der Waals surface area (Å²) in [6.45, 7) is 4.08. The number of amides is 1. The van der Waals surface area contributed by atoms with Crippen molar-refractivity contribution in [2.75, 3.05) is 33.2 Å². The number of nitrogens with two attached hydrogens (primary N) is 1. The van der Waals surface area contributed by atoms with Gasteiger partial charge in [0.05, 0.1) is 13.1 Å². The molecule has 6 heteroatoms. The van der Waals surface area contributed by atoms with Gasteiger partial charge < -0.3 is 10.6 Å². The summed E-state index contributed by atoms with van der Waals surface area (Å²) >= 11 is 1.70. The van der Waals surface area contributed by atoms with E-state index in [4.69, 9.17) is 5.73 Å². The summed E-state index contributed by atoms with van der Waals surface area (Å²) < 4.78 is 0. The minimum absolute atomic E-state index is 0. The standard InChI is InChI=1S/C15H25N3OS.ClH/c1-17(11-14-5-3-9-20-14)15(19)12-18-8-2-4-13(10-18)6-7-16;/h3,5,9,13H,2,4,6-8,10-12,16H2,1H3;1H.